The first kappa shape index (κ1) is 18.4. The van der Waals surface area contributed by atoms with Crippen LogP contribution in [0.15, 0.2) is 78.6 Å². The van der Waals surface area contributed by atoms with Gasteiger partial charge in [-0.05, 0) is 54.4 Å². The molecule has 0 aliphatic carbocycles. The lowest BCUT2D eigenvalue weighted by molar-refractivity contribution is -0.132. The van der Waals surface area contributed by atoms with Gasteiger partial charge in [0.25, 0.3) is 11.7 Å². The second-order valence-electron chi connectivity index (χ2n) is 6.84. The molecule has 1 atom stereocenters. The number of pyridine rings is 1. The molecular weight excluding hydrogens is 368 g/mol. The second kappa shape index (κ2) is 7.24. The van der Waals surface area contributed by atoms with Gasteiger partial charge in [0.1, 0.15) is 11.5 Å². The van der Waals surface area contributed by atoms with Gasteiger partial charge in [0.2, 0.25) is 0 Å². The van der Waals surface area contributed by atoms with E-state index in [1.807, 2.05) is 19.1 Å². The number of aromatic nitrogens is 1. The highest BCUT2D eigenvalue weighted by molar-refractivity contribution is 6.51. The van der Waals surface area contributed by atoms with Crippen LogP contribution in [-0.2, 0) is 9.59 Å². The van der Waals surface area contributed by atoms with Crippen molar-refractivity contribution >= 4 is 23.1 Å². The monoisotopic (exact) mass is 386 g/mol. The molecule has 0 radical (unpaired) electrons. The molecule has 0 bridgehead atoms. The van der Waals surface area contributed by atoms with Gasteiger partial charge in [-0.1, -0.05) is 24.3 Å². The summed E-state index contributed by atoms with van der Waals surface area (Å²) in [6.07, 6.45) is 3.00. The van der Waals surface area contributed by atoms with Gasteiger partial charge in [-0.15, -0.1) is 0 Å². The van der Waals surface area contributed by atoms with Crippen LogP contribution in [0.5, 0.6) is 5.75 Å². The van der Waals surface area contributed by atoms with Crippen LogP contribution in [0, 0.1) is 6.92 Å². The third kappa shape index (κ3) is 3.25. The molecule has 2 N–H and O–H groups in total. The predicted octanol–water partition coefficient (Wildman–Crippen LogP) is 3.72. The maximum absolute atomic E-state index is 13.0. The number of aliphatic hydroxyl groups excluding tert-OH is 1. The van der Waals surface area contributed by atoms with E-state index in [4.69, 9.17) is 0 Å². The minimum absolute atomic E-state index is 0.00611. The summed E-state index contributed by atoms with van der Waals surface area (Å²) in [6.45, 7) is 1.90. The lowest BCUT2D eigenvalue weighted by atomic mass is 9.95. The number of aliphatic hydroxyl groups is 1. The van der Waals surface area contributed by atoms with Crippen LogP contribution < -0.4 is 4.90 Å². The van der Waals surface area contributed by atoms with Crippen LogP contribution in [0.25, 0.3) is 5.76 Å². The van der Waals surface area contributed by atoms with Gasteiger partial charge >= 0.3 is 0 Å². The molecule has 2 heterocycles. The Morgan fingerprint density at radius 2 is 1.69 bits per heavy atom. The zero-order valence-electron chi connectivity index (χ0n) is 15.6. The van der Waals surface area contributed by atoms with Crippen molar-refractivity contribution in [2.75, 3.05) is 4.90 Å². The standard InChI is InChI=1S/C23H18N2O4/c1-14-3-2-4-17(13-14)25-20(15-5-7-18(26)8-6-15)19(22(28)23(25)29)21(27)16-9-11-24-12-10-16/h2-13,20,26-27H,1H3/b21-19+. The predicted molar refractivity (Wildman–Crippen MR) is 108 cm³/mol. The fourth-order valence-electron chi connectivity index (χ4n) is 3.51. The molecule has 6 heteroatoms. The summed E-state index contributed by atoms with van der Waals surface area (Å²) in [5, 5.41) is 20.6. The number of phenols is 1. The lowest BCUT2D eigenvalue weighted by Gasteiger charge is -2.25. The van der Waals surface area contributed by atoms with Crippen molar-refractivity contribution in [1.82, 2.24) is 4.98 Å². The zero-order chi connectivity index (χ0) is 20.5. The molecule has 2 aromatic carbocycles. The first-order valence-corrected chi connectivity index (χ1v) is 9.04. The first-order chi connectivity index (χ1) is 14.0. The normalized spacial score (nSPS) is 18.2. The summed E-state index contributed by atoms with van der Waals surface area (Å²) >= 11 is 0. The third-order valence-corrected chi connectivity index (χ3v) is 4.89. The number of ketones is 1. The van der Waals surface area contributed by atoms with Crippen molar-refractivity contribution in [2.45, 2.75) is 13.0 Å². The Balaban J connectivity index is 1.96. The number of aryl methyl sites for hydroxylation is 1. The molecule has 1 amide bonds. The molecule has 0 spiro atoms. The van der Waals surface area contributed by atoms with Crippen LogP contribution in [0.4, 0.5) is 5.69 Å². The molecule has 3 aromatic rings. The molecule has 1 unspecified atom stereocenters. The Kier molecular flexibility index (Phi) is 4.60. The minimum atomic E-state index is -0.828. The molecule has 29 heavy (non-hydrogen) atoms. The molecule has 1 aromatic heterocycles. The van der Waals surface area contributed by atoms with E-state index >= 15 is 0 Å². The molecule has 6 nitrogen and oxygen atoms in total. The van der Waals surface area contributed by atoms with Crippen molar-refractivity contribution in [3.63, 3.8) is 0 Å². The Hall–Kier alpha value is -3.93. The van der Waals surface area contributed by atoms with Crippen molar-refractivity contribution in [3.8, 4) is 5.75 Å². The number of hydrogen-bond acceptors (Lipinski definition) is 5. The van der Waals surface area contributed by atoms with Crippen LogP contribution in [-0.4, -0.2) is 26.9 Å². The number of carbonyl (C=O) groups is 2. The summed E-state index contributed by atoms with van der Waals surface area (Å²) < 4.78 is 0. The number of anilines is 1. The summed E-state index contributed by atoms with van der Waals surface area (Å²) in [7, 11) is 0. The van der Waals surface area contributed by atoms with E-state index in [0.717, 1.165) is 5.56 Å². The van der Waals surface area contributed by atoms with Gasteiger partial charge in [0.05, 0.1) is 11.6 Å². The largest absolute Gasteiger partial charge is 0.508 e. The lowest BCUT2D eigenvalue weighted by Crippen LogP contribution is -2.29. The molecular formula is C23H18N2O4. The van der Waals surface area contributed by atoms with E-state index in [9.17, 15) is 19.8 Å². The Morgan fingerprint density at radius 3 is 2.34 bits per heavy atom. The molecule has 1 aliphatic rings. The SMILES string of the molecule is Cc1cccc(N2C(=O)C(=O)/C(=C(/O)c3ccncc3)C2c2ccc(O)cc2)c1. The number of amides is 1. The third-order valence-electron chi connectivity index (χ3n) is 4.89. The van der Waals surface area contributed by atoms with Crippen LogP contribution in [0.1, 0.15) is 22.7 Å². The average molecular weight is 386 g/mol. The maximum Gasteiger partial charge on any atom is 0.300 e. The van der Waals surface area contributed by atoms with Crippen LogP contribution in [0.3, 0.4) is 0 Å². The number of carbonyl (C=O) groups excluding carboxylic acids is 2. The van der Waals surface area contributed by atoms with Crippen molar-refractivity contribution in [2.24, 2.45) is 0 Å². The fraction of sp³-hybridized carbons (Fsp3) is 0.0870. The molecule has 144 valence electrons. The Morgan fingerprint density at radius 1 is 1.00 bits per heavy atom. The number of benzene rings is 2. The number of phenolic OH excluding ortho intramolecular Hbond substituents is 1. The van der Waals surface area contributed by atoms with E-state index < -0.39 is 17.7 Å². The highest BCUT2D eigenvalue weighted by atomic mass is 16.3. The highest BCUT2D eigenvalue weighted by Crippen LogP contribution is 2.42. The van der Waals surface area contributed by atoms with Crippen LogP contribution in [0.2, 0.25) is 0 Å². The quantitative estimate of drug-likeness (QED) is 0.407. The summed E-state index contributed by atoms with van der Waals surface area (Å²) in [4.78, 5) is 31.3. The van der Waals surface area contributed by atoms with E-state index in [0.29, 0.717) is 16.8 Å². The van der Waals surface area contributed by atoms with Crippen LogP contribution >= 0.6 is 0 Å². The number of rotatable bonds is 3. The van der Waals surface area contributed by atoms with Gasteiger partial charge in [-0.2, -0.15) is 0 Å². The van der Waals surface area contributed by atoms with Gasteiger partial charge < -0.3 is 10.2 Å². The molecule has 1 saturated heterocycles. The minimum Gasteiger partial charge on any atom is -0.508 e. The van der Waals surface area contributed by atoms with Gasteiger partial charge in [0.15, 0.2) is 0 Å². The average Bonchev–Trinajstić information content (AvgIpc) is 2.99. The number of aromatic hydroxyl groups is 1. The Labute approximate surface area is 167 Å². The summed E-state index contributed by atoms with van der Waals surface area (Å²) in [5.41, 5.74) is 2.47. The number of Topliss-reactive ketones (excluding diaryl/α,β-unsaturated/α-hetero) is 1. The Bertz CT molecular complexity index is 1120. The highest BCUT2D eigenvalue weighted by Gasteiger charge is 2.46. The summed E-state index contributed by atoms with van der Waals surface area (Å²) in [6, 6.07) is 15.8. The van der Waals surface area contributed by atoms with Gasteiger partial charge in [-0.3, -0.25) is 19.5 Å². The molecule has 0 saturated carbocycles. The molecule has 1 fully saturated rings. The van der Waals surface area contributed by atoms with Crippen molar-refractivity contribution in [3.05, 3.63) is 95.3 Å². The first-order valence-electron chi connectivity index (χ1n) is 9.04. The topological polar surface area (TPSA) is 90.7 Å². The van der Waals surface area contributed by atoms with Crippen molar-refractivity contribution < 1.29 is 19.8 Å². The van der Waals surface area contributed by atoms with E-state index in [-0.39, 0.29) is 17.1 Å². The number of hydrogen-bond donors (Lipinski definition) is 2. The smallest absolute Gasteiger partial charge is 0.300 e. The van der Waals surface area contributed by atoms with E-state index in [1.165, 1.54) is 29.4 Å². The van der Waals surface area contributed by atoms with Crippen molar-refractivity contribution in [1.29, 1.82) is 0 Å². The zero-order valence-corrected chi connectivity index (χ0v) is 15.6. The molecule has 4 rings (SSSR count). The van der Waals surface area contributed by atoms with Gasteiger partial charge in [-0.25, -0.2) is 0 Å². The van der Waals surface area contributed by atoms with Gasteiger partial charge in [0, 0.05) is 23.6 Å². The number of nitrogens with zero attached hydrogens (tertiary/aromatic N) is 2. The van der Waals surface area contributed by atoms with E-state index in [1.54, 1.807) is 36.4 Å². The molecule has 1 aliphatic heterocycles. The second-order valence-corrected chi connectivity index (χ2v) is 6.84. The summed E-state index contributed by atoms with van der Waals surface area (Å²) in [5.74, 6) is -1.68. The maximum atomic E-state index is 13.0. The fourth-order valence-corrected chi connectivity index (χ4v) is 3.51. The van der Waals surface area contributed by atoms with E-state index in [2.05, 4.69) is 4.98 Å².